The standard InChI is InChI=1S/C27H39N7O6/c1-4-5-19(8-10-35)30-25-24-21(31-26(32-25)33-27(37)39-3)14-29-34(24)15-18-12-17(6-7-23(18)38-2)13-28-20-9-11-40-16-22(20)36/h6-7,12,14,19-20,22,28,35-36H,4-5,8-11,13,15-16H2,1-3H3,(H2,30,31,32,33,37)/t19-,20-,22+/m0/s1. The minimum Gasteiger partial charge on any atom is -0.496 e. The number of rotatable bonds is 13. The predicted octanol–water partition coefficient (Wildman–Crippen LogP) is 2.26. The van der Waals surface area contributed by atoms with Crippen LogP contribution < -0.4 is 20.7 Å². The van der Waals surface area contributed by atoms with Crippen LogP contribution in [0.15, 0.2) is 24.4 Å². The molecule has 40 heavy (non-hydrogen) atoms. The molecule has 1 fully saturated rings. The highest BCUT2D eigenvalue weighted by atomic mass is 16.5. The van der Waals surface area contributed by atoms with Gasteiger partial charge in [-0.15, -0.1) is 0 Å². The Morgan fingerprint density at radius 3 is 2.85 bits per heavy atom. The molecular formula is C27H39N7O6. The second-order valence-corrected chi connectivity index (χ2v) is 9.76. The number of carbonyl (C=O) groups is 1. The second-order valence-electron chi connectivity index (χ2n) is 9.76. The lowest BCUT2D eigenvalue weighted by Crippen LogP contribution is -2.46. The molecule has 0 unspecified atom stereocenters. The largest absolute Gasteiger partial charge is 0.496 e. The van der Waals surface area contributed by atoms with Gasteiger partial charge in [0.25, 0.3) is 0 Å². The number of hydrogen-bond donors (Lipinski definition) is 5. The number of aromatic nitrogens is 4. The maximum absolute atomic E-state index is 11.9. The van der Waals surface area contributed by atoms with Crippen LogP contribution in [0.4, 0.5) is 16.6 Å². The Kier molecular flexibility index (Phi) is 10.5. The van der Waals surface area contributed by atoms with Gasteiger partial charge in [0.05, 0.1) is 39.7 Å². The van der Waals surface area contributed by atoms with Gasteiger partial charge in [0.15, 0.2) is 5.82 Å². The van der Waals surface area contributed by atoms with Gasteiger partial charge in [0, 0.05) is 37.4 Å². The van der Waals surface area contributed by atoms with Crippen LogP contribution in [0.5, 0.6) is 5.75 Å². The van der Waals surface area contributed by atoms with Crippen LogP contribution in [0.2, 0.25) is 0 Å². The Morgan fingerprint density at radius 2 is 2.12 bits per heavy atom. The summed E-state index contributed by atoms with van der Waals surface area (Å²) in [6.07, 6.45) is 3.44. The molecule has 0 spiro atoms. The zero-order chi connectivity index (χ0) is 28.5. The van der Waals surface area contributed by atoms with Crippen LogP contribution in [0.25, 0.3) is 11.0 Å². The number of amides is 1. The molecule has 1 aliphatic rings. The quantitative estimate of drug-likeness (QED) is 0.209. The van der Waals surface area contributed by atoms with E-state index in [1.807, 2.05) is 12.1 Å². The van der Waals surface area contributed by atoms with Gasteiger partial charge in [-0.1, -0.05) is 19.4 Å². The highest BCUT2D eigenvalue weighted by Gasteiger charge is 2.23. The summed E-state index contributed by atoms with van der Waals surface area (Å²) < 4.78 is 17.5. The second kappa shape index (κ2) is 14.2. The fourth-order valence-electron chi connectivity index (χ4n) is 4.84. The van der Waals surface area contributed by atoms with Crippen molar-refractivity contribution in [3.63, 3.8) is 0 Å². The zero-order valence-corrected chi connectivity index (χ0v) is 23.2. The highest BCUT2D eigenvalue weighted by Crippen LogP contribution is 2.27. The van der Waals surface area contributed by atoms with Gasteiger partial charge < -0.3 is 35.1 Å². The van der Waals surface area contributed by atoms with E-state index < -0.39 is 12.2 Å². The summed E-state index contributed by atoms with van der Waals surface area (Å²) >= 11 is 0. The van der Waals surface area contributed by atoms with Crippen molar-refractivity contribution in [2.45, 2.75) is 63.9 Å². The third kappa shape index (κ3) is 7.36. The van der Waals surface area contributed by atoms with Crippen molar-refractivity contribution in [2.75, 3.05) is 44.7 Å². The third-order valence-electron chi connectivity index (χ3n) is 6.90. The molecule has 1 aromatic carbocycles. The number of aliphatic hydroxyl groups is 2. The lowest BCUT2D eigenvalue weighted by atomic mass is 10.0. The number of ether oxygens (including phenoxy) is 3. The first-order valence-electron chi connectivity index (χ1n) is 13.6. The first-order valence-corrected chi connectivity index (χ1v) is 13.6. The molecule has 0 aliphatic carbocycles. The molecule has 1 amide bonds. The molecular weight excluding hydrogens is 518 g/mol. The molecule has 3 aromatic rings. The summed E-state index contributed by atoms with van der Waals surface area (Å²) in [5.74, 6) is 1.29. The number of nitrogens with zero attached hydrogens (tertiary/aromatic N) is 4. The fourth-order valence-corrected chi connectivity index (χ4v) is 4.84. The molecule has 218 valence electrons. The molecule has 0 saturated carbocycles. The van der Waals surface area contributed by atoms with E-state index in [0.717, 1.165) is 30.4 Å². The highest BCUT2D eigenvalue weighted by molar-refractivity contribution is 5.89. The summed E-state index contributed by atoms with van der Waals surface area (Å²) in [6.45, 7) is 4.03. The lowest BCUT2D eigenvalue weighted by molar-refractivity contribution is -0.0280. The minimum atomic E-state index is -0.679. The Morgan fingerprint density at radius 1 is 1.27 bits per heavy atom. The molecule has 13 heteroatoms. The van der Waals surface area contributed by atoms with E-state index >= 15 is 0 Å². The van der Waals surface area contributed by atoms with Crippen molar-refractivity contribution in [1.29, 1.82) is 0 Å². The van der Waals surface area contributed by atoms with Crippen molar-refractivity contribution < 1.29 is 29.2 Å². The molecule has 2 aromatic heterocycles. The van der Waals surface area contributed by atoms with Gasteiger partial charge in [0.2, 0.25) is 5.95 Å². The average Bonchev–Trinajstić information content (AvgIpc) is 3.35. The van der Waals surface area contributed by atoms with Crippen LogP contribution in [0.1, 0.15) is 43.7 Å². The monoisotopic (exact) mass is 557 g/mol. The van der Waals surface area contributed by atoms with Crippen molar-refractivity contribution in [1.82, 2.24) is 25.1 Å². The molecule has 13 nitrogen and oxygen atoms in total. The predicted molar refractivity (Wildman–Crippen MR) is 150 cm³/mol. The van der Waals surface area contributed by atoms with E-state index in [1.165, 1.54) is 7.11 Å². The third-order valence-corrected chi connectivity index (χ3v) is 6.90. The summed E-state index contributed by atoms with van der Waals surface area (Å²) in [7, 11) is 2.90. The van der Waals surface area contributed by atoms with Crippen LogP contribution >= 0.6 is 0 Å². The molecule has 0 bridgehead atoms. The van der Waals surface area contributed by atoms with Crippen molar-refractivity contribution in [2.24, 2.45) is 0 Å². The Hall–Kier alpha value is -3.52. The molecule has 3 heterocycles. The zero-order valence-electron chi connectivity index (χ0n) is 23.2. The number of carbonyl (C=O) groups excluding carboxylic acids is 1. The van der Waals surface area contributed by atoms with Gasteiger partial charge in [-0.2, -0.15) is 10.1 Å². The van der Waals surface area contributed by atoms with E-state index in [1.54, 1.807) is 18.0 Å². The van der Waals surface area contributed by atoms with Crippen molar-refractivity contribution >= 4 is 28.9 Å². The van der Waals surface area contributed by atoms with Gasteiger partial charge in [0.1, 0.15) is 16.8 Å². The minimum absolute atomic E-state index is 0.0251. The maximum Gasteiger partial charge on any atom is 0.413 e. The van der Waals surface area contributed by atoms with E-state index in [-0.39, 0.29) is 24.6 Å². The first kappa shape index (κ1) is 29.5. The lowest BCUT2D eigenvalue weighted by Gasteiger charge is -2.28. The van der Waals surface area contributed by atoms with Crippen molar-refractivity contribution in [3.8, 4) is 5.75 Å². The SMILES string of the molecule is CCC[C@@H](CCO)Nc1nc(NC(=O)OC)nc2cnn(Cc3cc(CN[C@H]4CCOC[C@H]4O)ccc3OC)c12. The number of anilines is 2. The molecule has 1 saturated heterocycles. The van der Waals surface area contributed by atoms with E-state index in [9.17, 15) is 15.0 Å². The average molecular weight is 558 g/mol. The summed E-state index contributed by atoms with van der Waals surface area (Å²) in [5, 5.41) is 33.8. The van der Waals surface area contributed by atoms with Gasteiger partial charge in [-0.3, -0.25) is 10.00 Å². The Balaban J connectivity index is 1.64. The van der Waals surface area contributed by atoms with Crippen LogP contribution in [-0.4, -0.2) is 88.3 Å². The number of methoxy groups -OCH3 is 2. The van der Waals surface area contributed by atoms with E-state index in [4.69, 9.17) is 14.2 Å². The van der Waals surface area contributed by atoms with Crippen LogP contribution in [0, 0.1) is 0 Å². The Bertz CT molecular complexity index is 1260. The van der Waals surface area contributed by atoms with Gasteiger partial charge in [-0.05, 0) is 37.0 Å². The maximum atomic E-state index is 11.9. The number of aliphatic hydroxyl groups excluding tert-OH is 2. The topological polar surface area (TPSA) is 165 Å². The normalized spacial score (nSPS) is 17.9. The summed E-state index contributed by atoms with van der Waals surface area (Å²) in [6, 6.07) is 5.91. The van der Waals surface area contributed by atoms with Crippen LogP contribution in [-0.2, 0) is 22.6 Å². The van der Waals surface area contributed by atoms with E-state index in [0.29, 0.717) is 55.3 Å². The summed E-state index contributed by atoms with van der Waals surface area (Å²) in [5.41, 5.74) is 3.14. The molecule has 0 radical (unpaired) electrons. The van der Waals surface area contributed by atoms with Gasteiger partial charge in [-0.25, -0.2) is 9.78 Å². The van der Waals surface area contributed by atoms with Gasteiger partial charge >= 0.3 is 6.09 Å². The smallest absolute Gasteiger partial charge is 0.413 e. The van der Waals surface area contributed by atoms with Crippen molar-refractivity contribution in [3.05, 3.63) is 35.5 Å². The van der Waals surface area contributed by atoms with E-state index in [2.05, 4.69) is 44.0 Å². The fraction of sp³-hybridized carbons (Fsp3) is 0.556. The molecule has 3 atom stereocenters. The number of fused-ring (bicyclic) bond motifs is 1. The number of benzene rings is 1. The molecule has 5 N–H and O–H groups in total. The molecule has 4 rings (SSSR count). The number of hydrogen-bond acceptors (Lipinski definition) is 11. The number of nitrogens with one attached hydrogen (secondary N) is 3. The molecule has 1 aliphatic heterocycles. The van der Waals surface area contributed by atoms with Crippen LogP contribution in [0.3, 0.4) is 0 Å². The summed E-state index contributed by atoms with van der Waals surface area (Å²) in [4.78, 5) is 20.9. The first-order chi connectivity index (χ1) is 19.4. The Labute approximate surface area is 233 Å².